The van der Waals surface area contributed by atoms with E-state index >= 15 is 0 Å². The second-order valence-corrected chi connectivity index (χ2v) is 1.65. The molecule has 0 unspecified atom stereocenters. The summed E-state index contributed by atoms with van der Waals surface area (Å²) in [6, 6.07) is 0. The van der Waals surface area contributed by atoms with E-state index in [0.29, 0.717) is 0 Å². The van der Waals surface area contributed by atoms with Gasteiger partial charge in [0.2, 0.25) is 5.91 Å². The molecule has 0 fully saturated rings. The van der Waals surface area contributed by atoms with Crippen LogP contribution in [0.5, 0.6) is 0 Å². The summed E-state index contributed by atoms with van der Waals surface area (Å²) in [5.74, 6) is -0.373. The van der Waals surface area contributed by atoms with Crippen LogP contribution in [0.25, 0.3) is 0 Å². The quantitative estimate of drug-likeness (QED) is 0.496. The van der Waals surface area contributed by atoms with Crippen LogP contribution in [0.4, 0.5) is 0 Å². The minimum atomic E-state index is -0.211. The lowest BCUT2D eigenvalue weighted by Gasteiger charge is -1.96. The van der Waals surface area contributed by atoms with Gasteiger partial charge in [0, 0.05) is 6.92 Å². The Morgan fingerprint density at radius 3 is 2.44 bits per heavy atom. The predicted molar refractivity (Wildman–Crippen MR) is 32.7 cm³/mol. The Labute approximate surface area is 53.4 Å². The topological polar surface area (TPSA) is 72.2 Å². The van der Waals surface area contributed by atoms with Crippen molar-refractivity contribution in [3.05, 3.63) is 0 Å². The highest BCUT2D eigenvalue weighted by Crippen LogP contribution is 1.64. The van der Waals surface area contributed by atoms with Gasteiger partial charge in [0.05, 0.1) is 13.1 Å². The van der Waals surface area contributed by atoms with Gasteiger partial charge in [0.25, 0.3) is 0 Å². The molecule has 9 heavy (non-hydrogen) atoms. The van der Waals surface area contributed by atoms with Gasteiger partial charge in [-0.15, -0.1) is 0 Å². The molecule has 3 N–H and O–H groups in total. The summed E-state index contributed by atoms with van der Waals surface area (Å²) in [5, 5.41) is 2.33. The Balaban J connectivity index is 3.28. The average molecular weight is 130 g/mol. The molecule has 0 aliphatic rings. The highest BCUT2D eigenvalue weighted by Gasteiger charge is 1.96. The van der Waals surface area contributed by atoms with Gasteiger partial charge >= 0.3 is 0 Å². The SMILES string of the molecule is CC(=O)NCC(=O)CN. The third kappa shape index (κ3) is 4.96. The van der Waals surface area contributed by atoms with E-state index in [1.54, 1.807) is 0 Å². The average Bonchev–Trinajstić information content (AvgIpc) is 1.83. The molecule has 0 saturated heterocycles. The molecule has 0 bridgehead atoms. The molecular formula is C5H10N2O2. The van der Waals surface area contributed by atoms with Crippen molar-refractivity contribution in [2.45, 2.75) is 6.92 Å². The smallest absolute Gasteiger partial charge is 0.217 e. The summed E-state index contributed by atoms with van der Waals surface area (Å²) in [4.78, 5) is 20.5. The zero-order valence-corrected chi connectivity index (χ0v) is 5.31. The second-order valence-electron chi connectivity index (χ2n) is 1.65. The molecule has 0 atom stereocenters. The van der Waals surface area contributed by atoms with Crippen LogP contribution in [-0.4, -0.2) is 24.8 Å². The molecule has 0 aliphatic carbocycles. The minimum absolute atomic E-state index is 0.0136. The van der Waals surface area contributed by atoms with Crippen molar-refractivity contribution in [2.75, 3.05) is 13.1 Å². The van der Waals surface area contributed by atoms with Crippen molar-refractivity contribution in [3.63, 3.8) is 0 Å². The van der Waals surface area contributed by atoms with Gasteiger partial charge in [0.15, 0.2) is 5.78 Å². The van der Waals surface area contributed by atoms with E-state index in [2.05, 4.69) is 5.32 Å². The summed E-state index contributed by atoms with van der Waals surface area (Å²) in [6.07, 6.45) is 0. The Morgan fingerprint density at radius 2 is 2.11 bits per heavy atom. The number of rotatable bonds is 3. The van der Waals surface area contributed by atoms with Crippen molar-refractivity contribution >= 4 is 11.7 Å². The number of hydrogen-bond donors (Lipinski definition) is 2. The van der Waals surface area contributed by atoms with Crippen molar-refractivity contribution in [1.29, 1.82) is 0 Å². The maximum absolute atomic E-state index is 10.4. The van der Waals surface area contributed by atoms with Crippen LogP contribution in [0.3, 0.4) is 0 Å². The zero-order chi connectivity index (χ0) is 7.28. The normalized spacial score (nSPS) is 8.67. The van der Waals surface area contributed by atoms with Gasteiger partial charge in [0.1, 0.15) is 0 Å². The number of ketones is 1. The predicted octanol–water partition coefficient (Wildman–Crippen LogP) is -1.35. The van der Waals surface area contributed by atoms with Crippen LogP contribution in [0.2, 0.25) is 0 Å². The first-order chi connectivity index (χ1) is 4.16. The number of carbonyl (C=O) groups excluding carboxylic acids is 2. The Morgan fingerprint density at radius 1 is 1.56 bits per heavy atom. The van der Waals surface area contributed by atoms with Gasteiger partial charge < -0.3 is 11.1 Å². The molecule has 0 spiro atoms. The van der Waals surface area contributed by atoms with Crippen LogP contribution < -0.4 is 11.1 Å². The molecule has 0 aromatic carbocycles. The molecule has 0 aromatic heterocycles. The molecule has 0 aromatic rings. The van der Waals surface area contributed by atoms with Gasteiger partial charge in [-0.2, -0.15) is 0 Å². The van der Waals surface area contributed by atoms with Gasteiger partial charge in [-0.3, -0.25) is 9.59 Å². The maximum Gasteiger partial charge on any atom is 0.217 e. The van der Waals surface area contributed by atoms with Gasteiger partial charge in [-0.05, 0) is 0 Å². The van der Waals surface area contributed by atoms with Crippen molar-refractivity contribution < 1.29 is 9.59 Å². The number of amides is 1. The van der Waals surface area contributed by atoms with Crippen LogP contribution in [0, 0.1) is 0 Å². The lowest BCUT2D eigenvalue weighted by Crippen LogP contribution is -2.31. The van der Waals surface area contributed by atoms with Crippen LogP contribution in [0.1, 0.15) is 6.92 Å². The third-order valence-electron chi connectivity index (χ3n) is 0.762. The molecule has 1 amide bonds. The molecule has 52 valence electrons. The number of nitrogens with two attached hydrogens (primary N) is 1. The number of nitrogens with one attached hydrogen (secondary N) is 1. The molecule has 0 aliphatic heterocycles. The van der Waals surface area contributed by atoms with E-state index in [4.69, 9.17) is 5.73 Å². The van der Waals surface area contributed by atoms with Crippen molar-refractivity contribution in [2.24, 2.45) is 5.73 Å². The fourth-order valence-electron chi connectivity index (χ4n) is 0.295. The van der Waals surface area contributed by atoms with E-state index in [-0.39, 0.29) is 24.8 Å². The molecule has 4 heteroatoms. The molecular weight excluding hydrogens is 120 g/mol. The fourth-order valence-corrected chi connectivity index (χ4v) is 0.295. The summed E-state index contributed by atoms with van der Waals surface area (Å²) in [7, 11) is 0. The maximum atomic E-state index is 10.4. The molecule has 4 nitrogen and oxygen atoms in total. The number of hydrogen-bond acceptors (Lipinski definition) is 3. The third-order valence-corrected chi connectivity index (χ3v) is 0.762. The Kier molecular flexibility index (Phi) is 3.62. The lowest BCUT2D eigenvalue weighted by atomic mass is 10.4. The highest BCUT2D eigenvalue weighted by molar-refractivity contribution is 5.86. The van der Waals surface area contributed by atoms with E-state index in [1.165, 1.54) is 6.92 Å². The monoisotopic (exact) mass is 130 g/mol. The first-order valence-corrected chi connectivity index (χ1v) is 2.63. The van der Waals surface area contributed by atoms with Crippen molar-refractivity contribution in [1.82, 2.24) is 5.32 Å². The zero-order valence-electron chi connectivity index (χ0n) is 5.31. The van der Waals surface area contributed by atoms with E-state index in [9.17, 15) is 9.59 Å². The van der Waals surface area contributed by atoms with E-state index in [0.717, 1.165) is 0 Å². The standard InChI is InChI=1S/C5H10N2O2/c1-4(8)7-3-5(9)2-6/h2-3,6H2,1H3,(H,7,8). The van der Waals surface area contributed by atoms with Crippen LogP contribution >= 0.6 is 0 Å². The molecule has 0 radical (unpaired) electrons. The van der Waals surface area contributed by atoms with E-state index in [1.807, 2.05) is 0 Å². The van der Waals surface area contributed by atoms with Crippen molar-refractivity contribution in [3.8, 4) is 0 Å². The second kappa shape index (κ2) is 4.03. The summed E-state index contributed by atoms with van der Waals surface area (Å²) < 4.78 is 0. The summed E-state index contributed by atoms with van der Waals surface area (Å²) in [5.41, 5.74) is 4.96. The van der Waals surface area contributed by atoms with Gasteiger partial charge in [-0.25, -0.2) is 0 Å². The highest BCUT2D eigenvalue weighted by atomic mass is 16.2. The molecule has 0 rings (SSSR count). The largest absolute Gasteiger partial charge is 0.349 e. The number of carbonyl (C=O) groups is 2. The first kappa shape index (κ1) is 8.10. The van der Waals surface area contributed by atoms with Gasteiger partial charge in [-0.1, -0.05) is 0 Å². The summed E-state index contributed by atoms with van der Waals surface area (Å²) >= 11 is 0. The molecule has 0 heterocycles. The Hall–Kier alpha value is -0.900. The van der Waals surface area contributed by atoms with E-state index < -0.39 is 0 Å². The molecule has 0 saturated carbocycles. The number of Topliss-reactive ketones (excluding diaryl/α,β-unsaturated/α-hetero) is 1. The first-order valence-electron chi connectivity index (χ1n) is 2.63. The van der Waals surface area contributed by atoms with Crippen LogP contribution in [-0.2, 0) is 9.59 Å². The van der Waals surface area contributed by atoms with Crippen LogP contribution in [0.15, 0.2) is 0 Å². The fraction of sp³-hybridized carbons (Fsp3) is 0.600. The lowest BCUT2D eigenvalue weighted by molar-refractivity contribution is -0.123. The Bertz CT molecular complexity index is 122. The minimum Gasteiger partial charge on any atom is -0.349 e. The summed E-state index contributed by atoms with van der Waals surface area (Å²) in [6.45, 7) is 1.38.